The summed E-state index contributed by atoms with van der Waals surface area (Å²) in [6.45, 7) is 0. The monoisotopic (exact) mass is 248 g/mol. The van der Waals surface area contributed by atoms with Gasteiger partial charge in [0.15, 0.2) is 0 Å². The molecule has 18 heavy (non-hydrogen) atoms. The lowest BCUT2D eigenvalue weighted by Crippen LogP contribution is -2.42. The molecule has 3 rings (SSSR count). The molecule has 3 N–H and O–H groups in total. The van der Waals surface area contributed by atoms with Crippen molar-refractivity contribution in [3.63, 3.8) is 0 Å². The third-order valence-electron chi connectivity index (χ3n) is 4.40. The van der Waals surface area contributed by atoms with Crippen LogP contribution in [0.25, 0.3) is 0 Å². The minimum absolute atomic E-state index is 0.0100. The molecule has 0 aromatic heterocycles. The molecular weight excluding hydrogens is 231 g/mol. The summed E-state index contributed by atoms with van der Waals surface area (Å²) in [6, 6.07) is 5.83. The molecule has 96 valence electrons. The molecule has 2 fully saturated rings. The van der Waals surface area contributed by atoms with Gasteiger partial charge in [-0.15, -0.1) is 0 Å². The van der Waals surface area contributed by atoms with Gasteiger partial charge in [0.05, 0.1) is 5.92 Å². The zero-order valence-corrected chi connectivity index (χ0v) is 10.1. The van der Waals surface area contributed by atoms with Gasteiger partial charge in [0, 0.05) is 11.7 Å². The van der Waals surface area contributed by atoms with Crippen LogP contribution in [0.2, 0.25) is 0 Å². The Balaban J connectivity index is 1.70. The molecule has 2 aliphatic carbocycles. The Morgan fingerprint density at radius 2 is 1.89 bits per heavy atom. The topological polar surface area (TPSA) is 55.1 Å². The molecule has 1 aromatic rings. The number of rotatable bonds is 2. The van der Waals surface area contributed by atoms with Crippen molar-refractivity contribution in [1.29, 1.82) is 0 Å². The number of carbonyl (C=O) groups is 1. The zero-order chi connectivity index (χ0) is 12.7. The Hall–Kier alpha value is -1.42. The second-order valence-corrected chi connectivity index (χ2v) is 5.43. The highest BCUT2D eigenvalue weighted by Crippen LogP contribution is 2.47. The number of nitrogens with two attached hydrogens (primary N) is 1. The molecule has 4 unspecified atom stereocenters. The van der Waals surface area contributed by atoms with Crippen LogP contribution in [0, 0.1) is 23.6 Å². The van der Waals surface area contributed by atoms with E-state index in [9.17, 15) is 9.18 Å². The normalized spacial score (nSPS) is 33.7. The standard InChI is InChI=1S/C14H17FN2O/c15-10-3-5-11(6-4-10)17-14(18)12-8-1-2-9(7-8)13(12)16/h3-6,8-9,12-13H,1-2,7,16H2,(H,17,18). The maximum Gasteiger partial charge on any atom is 0.229 e. The van der Waals surface area contributed by atoms with Crippen LogP contribution in [-0.2, 0) is 4.79 Å². The van der Waals surface area contributed by atoms with Gasteiger partial charge in [0.1, 0.15) is 5.82 Å². The molecule has 2 saturated carbocycles. The maximum atomic E-state index is 12.8. The van der Waals surface area contributed by atoms with Gasteiger partial charge in [-0.1, -0.05) is 0 Å². The van der Waals surface area contributed by atoms with Crippen LogP contribution in [0.5, 0.6) is 0 Å². The van der Waals surface area contributed by atoms with E-state index in [0.717, 1.165) is 19.3 Å². The van der Waals surface area contributed by atoms with Gasteiger partial charge in [0.25, 0.3) is 0 Å². The molecule has 3 nitrogen and oxygen atoms in total. The van der Waals surface area contributed by atoms with E-state index >= 15 is 0 Å². The van der Waals surface area contributed by atoms with Crippen molar-refractivity contribution in [2.75, 3.05) is 5.32 Å². The molecule has 0 aliphatic heterocycles. The lowest BCUT2D eigenvalue weighted by molar-refractivity contribution is -0.121. The van der Waals surface area contributed by atoms with Crippen LogP contribution >= 0.6 is 0 Å². The molecule has 2 bridgehead atoms. The minimum atomic E-state index is -0.301. The summed E-state index contributed by atoms with van der Waals surface area (Å²) in [5, 5.41) is 2.84. The molecule has 1 aromatic carbocycles. The average Bonchev–Trinajstić information content (AvgIpc) is 2.92. The van der Waals surface area contributed by atoms with E-state index in [1.165, 1.54) is 12.1 Å². The third-order valence-corrected chi connectivity index (χ3v) is 4.40. The van der Waals surface area contributed by atoms with Gasteiger partial charge in [-0.2, -0.15) is 0 Å². The third kappa shape index (κ3) is 1.90. The number of hydrogen-bond acceptors (Lipinski definition) is 2. The fraction of sp³-hybridized carbons (Fsp3) is 0.500. The van der Waals surface area contributed by atoms with Gasteiger partial charge < -0.3 is 11.1 Å². The first-order valence-corrected chi connectivity index (χ1v) is 6.47. The van der Waals surface area contributed by atoms with E-state index in [1.807, 2.05) is 0 Å². The predicted molar refractivity (Wildman–Crippen MR) is 67.3 cm³/mol. The van der Waals surface area contributed by atoms with Crippen molar-refractivity contribution in [3.05, 3.63) is 30.1 Å². The Labute approximate surface area is 106 Å². The van der Waals surface area contributed by atoms with Gasteiger partial charge in [-0.25, -0.2) is 4.39 Å². The van der Waals surface area contributed by atoms with Crippen LogP contribution in [-0.4, -0.2) is 11.9 Å². The van der Waals surface area contributed by atoms with E-state index in [2.05, 4.69) is 5.32 Å². The van der Waals surface area contributed by atoms with Crippen molar-refractivity contribution < 1.29 is 9.18 Å². The molecule has 4 atom stereocenters. The molecule has 0 radical (unpaired) electrons. The largest absolute Gasteiger partial charge is 0.327 e. The number of amides is 1. The van der Waals surface area contributed by atoms with Crippen molar-refractivity contribution in [2.45, 2.75) is 25.3 Å². The van der Waals surface area contributed by atoms with Crippen LogP contribution in [0.3, 0.4) is 0 Å². The molecule has 0 saturated heterocycles. The van der Waals surface area contributed by atoms with Gasteiger partial charge >= 0.3 is 0 Å². The Morgan fingerprint density at radius 1 is 1.22 bits per heavy atom. The number of anilines is 1. The molecule has 4 heteroatoms. The zero-order valence-electron chi connectivity index (χ0n) is 10.1. The number of halogens is 1. The van der Waals surface area contributed by atoms with E-state index in [1.54, 1.807) is 12.1 Å². The van der Waals surface area contributed by atoms with Crippen molar-refractivity contribution in [2.24, 2.45) is 23.5 Å². The lowest BCUT2D eigenvalue weighted by atomic mass is 9.84. The Bertz CT molecular complexity index is 457. The Kier molecular flexibility index (Phi) is 2.82. The van der Waals surface area contributed by atoms with E-state index in [-0.39, 0.29) is 23.7 Å². The molecule has 0 heterocycles. The number of benzene rings is 1. The minimum Gasteiger partial charge on any atom is -0.327 e. The summed E-state index contributed by atoms with van der Waals surface area (Å²) in [7, 11) is 0. The summed E-state index contributed by atoms with van der Waals surface area (Å²) in [5.74, 6) is 0.559. The van der Waals surface area contributed by atoms with Crippen molar-refractivity contribution >= 4 is 11.6 Å². The summed E-state index contributed by atoms with van der Waals surface area (Å²) in [6.07, 6.45) is 3.36. The first kappa shape index (κ1) is 11.7. The predicted octanol–water partition coefficient (Wildman–Crippen LogP) is 2.14. The summed E-state index contributed by atoms with van der Waals surface area (Å²) in [5.41, 5.74) is 6.76. The number of carbonyl (C=O) groups excluding carboxylic acids is 1. The molecule has 1 amide bonds. The quantitative estimate of drug-likeness (QED) is 0.842. The van der Waals surface area contributed by atoms with E-state index in [0.29, 0.717) is 17.5 Å². The van der Waals surface area contributed by atoms with Gasteiger partial charge in [-0.3, -0.25) is 4.79 Å². The average molecular weight is 248 g/mol. The molecule has 2 aliphatic rings. The fourth-order valence-corrected chi connectivity index (χ4v) is 3.48. The van der Waals surface area contributed by atoms with E-state index < -0.39 is 0 Å². The van der Waals surface area contributed by atoms with Crippen LogP contribution in [0.15, 0.2) is 24.3 Å². The van der Waals surface area contributed by atoms with Crippen LogP contribution in [0.1, 0.15) is 19.3 Å². The van der Waals surface area contributed by atoms with Crippen LogP contribution < -0.4 is 11.1 Å². The molecule has 0 spiro atoms. The summed E-state index contributed by atoms with van der Waals surface area (Å²) < 4.78 is 12.8. The second-order valence-electron chi connectivity index (χ2n) is 5.43. The SMILES string of the molecule is NC1C2CCC(C2)C1C(=O)Nc1ccc(F)cc1. The highest BCUT2D eigenvalue weighted by atomic mass is 19.1. The number of hydrogen-bond donors (Lipinski definition) is 2. The first-order valence-electron chi connectivity index (χ1n) is 6.47. The Morgan fingerprint density at radius 3 is 2.50 bits per heavy atom. The van der Waals surface area contributed by atoms with Crippen molar-refractivity contribution in [1.82, 2.24) is 0 Å². The van der Waals surface area contributed by atoms with Gasteiger partial charge in [-0.05, 0) is 55.4 Å². The number of fused-ring (bicyclic) bond motifs is 2. The summed E-state index contributed by atoms with van der Waals surface area (Å²) >= 11 is 0. The van der Waals surface area contributed by atoms with Crippen molar-refractivity contribution in [3.8, 4) is 0 Å². The highest BCUT2D eigenvalue weighted by Gasteiger charge is 2.49. The molecular formula is C14H17FN2O. The highest BCUT2D eigenvalue weighted by molar-refractivity contribution is 5.93. The van der Waals surface area contributed by atoms with Gasteiger partial charge in [0.2, 0.25) is 5.91 Å². The second kappa shape index (κ2) is 4.35. The fourth-order valence-electron chi connectivity index (χ4n) is 3.48. The maximum absolute atomic E-state index is 12.8. The first-order chi connectivity index (χ1) is 8.65. The van der Waals surface area contributed by atoms with Crippen LogP contribution in [0.4, 0.5) is 10.1 Å². The lowest BCUT2D eigenvalue weighted by Gasteiger charge is -2.26. The number of nitrogens with one attached hydrogen (secondary N) is 1. The van der Waals surface area contributed by atoms with E-state index in [4.69, 9.17) is 5.73 Å². The smallest absolute Gasteiger partial charge is 0.229 e. The summed E-state index contributed by atoms with van der Waals surface area (Å²) in [4.78, 5) is 12.2.